The van der Waals surface area contributed by atoms with Gasteiger partial charge in [-0.05, 0) is 55.8 Å². The summed E-state index contributed by atoms with van der Waals surface area (Å²) in [6.45, 7) is 1.74. The summed E-state index contributed by atoms with van der Waals surface area (Å²) in [6.07, 6.45) is 3.32. The first-order valence-electron chi connectivity index (χ1n) is 9.32. The van der Waals surface area contributed by atoms with Crippen LogP contribution in [0, 0.1) is 0 Å². The molecule has 2 aromatic carbocycles. The van der Waals surface area contributed by atoms with E-state index in [9.17, 15) is 9.90 Å². The topological polar surface area (TPSA) is 62.9 Å². The molecule has 1 aliphatic rings. The zero-order chi connectivity index (χ0) is 18.8. The van der Waals surface area contributed by atoms with E-state index >= 15 is 0 Å². The maximum absolute atomic E-state index is 12.9. The molecule has 1 atom stereocenters. The Labute approximate surface area is 157 Å². The smallest absolute Gasteiger partial charge is 0.345 e. The van der Waals surface area contributed by atoms with Crippen molar-refractivity contribution >= 4 is 11.0 Å². The number of hydrogen-bond acceptors (Lipinski definition) is 5. The number of ether oxygens (including phenoxy) is 1. The fourth-order valence-electron chi connectivity index (χ4n) is 3.94. The SMILES string of the molecule is COc1cccc(C(c2c(O)c3ccccc3oc2=O)N2CCCCC2)c1. The number of nitrogens with zero attached hydrogens (tertiary/aromatic N) is 1. The molecular weight excluding hydrogens is 342 g/mol. The number of piperidine rings is 1. The van der Waals surface area contributed by atoms with Gasteiger partial charge in [0.25, 0.3) is 0 Å². The van der Waals surface area contributed by atoms with E-state index in [-0.39, 0.29) is 11.8 Å². The molecule has 0 spiro atoms. The maximum atomic E-state index is 12.9. The Morgan fingerprint density at radius 3 is 2.63 bits per heavy atom. The van der Waals surface area contributed by atoms with Crippen molar-refractivity contribution < 1.29 is 14.3 Å². The summed E-state index contributed by atoms with van der Waals surface area (Å²) in [5, 5.41) is 11.6. The Kier molecular flexibility index (Phi) is 4.86. The van der Waals surface area contributed by atoms with E-state index < -0.39 is 5.63 Å². The lowest BCUT2D eigenvalue weighted by Gasteiger charge is -2.35. The van der Waals surface area contributed by atoms with Gasteiger partial charge in [-0.2, -0.15) is 0 Å². The first-order valence-corrected chi connectivity index (χ1v) is 9.32. The Bertz CT molecular complexity index is 1000. The molecule has 5 nitrogen and oxygen atoms in total. The number of para-hydroxylation sites is 1. The molecule has 1 N–H and O–H groups in total. The first kappa shape index (κ1) is 17.6. The van der Waals surface area contributed by atoms with Crippen molar-refractivity contribution in [1.82, 2.24) is 4.90 Å². The zero-order valence-electron chi connectivity index (χ0n) is 15.4. The Balaban J connectivity index is 1.93. The van der Waals surface area contributed by atoms with Gasteiger partial charge >= 0.3 is 5.63 Å². The third kappa shape index (κ3) is 3.30. The zero-order valence-corrected chi connectivity index (χ0v) is 15.4. The second-order valence-electron chi connectivity index (χ2n) is 6.92. The summed E-state index contributed by atoms with van der Waals surface area (Å²) < 4.78 is 10.9. The van der Waals surface area contributed by atoms with Crippen LogP contribution in [-0.2, 0) is 0 Å². The van der Waals surface area contributed by atoms with Crippen molar-refractivity contribution in [3.05, 3.63) is 70.1 Å². The van der Waals surface area contributed by atoms with Crippen LogP contribution in [0.4, 0.5) is 0 Å². The van der Waals surface area contributed by atoms with Crippen LogP contribution < -0.4 is 10.4 Å². The second-order valence-corrected chi connectivity index (χ2v) is 6.92. The Morgan fingerprint density at radius 1 is 1.07 bits per heavy atom. The van der Waals surface area contributed by atoms with E-state index in [0.717, 1.165) is 37.2 Å². The van der Waals surface area contributed by atoms with Gasteiger partial charge in [-0.1, -0.05) is 30.7 Å². The molecule has 140 valence electrons. The van der Waals surface area contributed by atoms with Gasteiger partial charge in [0.2, 0.25) is 0 Å². The van der Waals surface area contributed by atoms with Gasteiger partial charge in [-0.3, -0.25) is 4.90 Å². The molecule has 4 rings (SSSR count). The van der Waals surface area contributed by atoms with Crippen LogP contribution in [0.25, 0.3) is 11.0 Å². The van der Waals surface area contributed by atoms with Crippen LogP contribution in [0.3, 0.4) is 0 Å². The minimum atomic E-state index is -0.496. The second kappa shape index (κ2) is 7.45. The third-order valence-electron chi connectivity index (χ3n) is 5.26. The molecule has 5 heteroatoms. The normalized spacial score (nSPS) is 16.3. The molecule has 0 aliphatic carbocycles. The number of methoxy groups -OCH3 is 1. The number of likely N-dealkylation sites (tertiary alicyclic amines) is 1. The Hall–Kier alpha value is -2.79. The predicted molar refractivity (Wildman–Crippen MR) is 104 cm³/mol. The molecule has 1 fully saturated rings. The van der Waals surface area contributed by atoms with E-state index in [4.69, 9.17) is 9.15 Å². The highest BCUT2D eigenvalue weighted by atomic mass is 16.5. The molecule has 27 heavy (non-hydrogen) atoms. The van der Waals surface area contributed by atoms with E-state index in [1.54, 1.807) is 25.3 Å². The predicted octanol–water partition coefficient (Wildman–Crippen LogP) is 4.08. The van der Waals surface area contributed by atoms with Crippen LogP contribution in [0.15, 0.2) is 57.7 Å². The summed E-state index contributed by atoms with van der Waals surface area (Å²) in [5.41, 5.74) is 1.11. The molecule has 1 unspecified atom stereocenters. The van der Waals surface area contributed by atoms with Crippen LogP contribution in [0.5, 0.6) is 11.5 Å². The average molecular weight is 365 g/mol. The molecule has 2 heterocycles. The fourth-order valence-corrected chi connectivity index (χ4v) is 3.94. The molecule has 3 aromatic rings. The van der Waals surface area contributed by atoms with Crippen LogP contribution in [0.2, 0.25) is 0 Å². The molecule has 0 saturated carbocycles. The quantitative estimate of drug-likeness (QED) is 0.706. The highest BCUT2D eigenvalue weighted by Gasteiger charge is 2.30. The summed E-state index contributed by atoms with van der Waals surface area (Å²) in [7, 11) is 1.62. The summed E-state index contributed by atoms with van der Waals surface area (Å²) in [5.74, 6) is 0.722. The van der Waals surface area contributed by atoms with E-state index in [1.165, 1.54) is 6.42 Å². The highest BCUT2D eigenvalue weighted by molar-refractivity contribution is 5.84. The summed E-state index contributed by atoms with van der Waals surface area (Å²) >= 11 is 0. The number of hydrogen-bond donors (Lipinski definition) is 1. The van der Waals surface area contributed by atoms with E-state index in [1.807, 2.05) is 30.3 Å². The largest absolute Gasteiger partial charge is 0.507 e. The number of rotatable bonds is 4. The minimum Gasteiger partial charge on any atom is -0.507 e. The molecule has 1 aliphatic heterocycles. The van der Waals surface area contributed by atoms with Gasteiger partial charge in [0, 0.05) is 0 Å². The molecule has 0 bridgehead atoms. The van der Waals surface area contributed by atoms with Gasteiger partial charge < -0.3 is 14.3 Å². The lowest BCUT2D eigenvalue weighted by atomic mass is 9.94. The van der Waals surface area contributed by atoms with Gasteiger partial charge in [0.15, 0.2) is 0 Å². The van der Waals surface area contributed by atoms with Crippen molar-refractivity contribution in [2.24, 2.45) is 0 Å². The first-order chi connectivity index (χ1) is 13.2. The number of fused-ring (bicyclic) bond motifs is 1. The van der Waals surface area contributed by atoms with E-state index in [2.05, 4.69) is 4.90 Å². The van der Waals surface area contributed by atoms with Crippen molar-refractivity contribution in [3.63, 3.8) is 0 Å². The Morgan fingerprint density at radius 2 is 1.85 bits per heavy atom. The van der Waals surface area contributed by atoms with Crippen molar-refractivity contribution in [2.75, 3.05) is 20.2 Å². The minimum absolute atomic E-state index is 0.000225. The standard InChI is InChI=1S/C22H23NO4/c1-26-16-9-7-8-15(14-16)20(23-12-5-2-6-13-23)19-21(24)17-10-3-4-11-18(17)27-22(19)25/h3-4,7-11,14,20,24H,2,5-6,12-13H2,1H3. The van der Waals surface area contributed by atoms with Gasteiger partial charge in [0.05, 0.1) is 18.5 Å². The summed E-state index contributed by atoms with van der Waals surface area (Å²) in [4.78, 5) is 15.1. The molecule has 1 aromatic heterocycles. The van der Waals surface area contributed by atoms with Crippen molar-refractivity contribution in [2.45, 2.75) is 25.3 Å². The van der Waals surface area contributed by atoms with Crippen molar-refractivity contribution in [1.29, 1.82) is 0 Å². The van der Waals surface area contributed by atoms with Crippen LogP contribution in [0.1, 0.15) is 36.4 Å². The highest BCUT2D eigenvalue weighted by Crippen LogP contribution is 2.38. The van der Waals surface area contributed by atoms with Gasteiger partial charge in [0.1, 0.15) is 22.6 Å². The lowest BCUT2D eigenvalue weighted by molar-refractivity contribution is 0.182. The monoisotopic (exact) mass is 365 g/mol. The molecular formula is C22H23NO4. The van der Waals surface area contributed by atoms with Gasteiger partial charge in [-0.25, -0.2) is 4.79 Å². The van der Waals surface area contributed by atoms with Crippen molar-refractivity contribution in [3.8, 4) is 11.5 Å². The van der Waals surface area contributed by atoms with Gasteiger partial charge in [-0.15, -0.1) is 0 Å². The summed E-state index contributed by atoms with van der Waals surface area (Å²) in [6, 6.07) is 14.4. The molecule has 0 radical (unpaired) electrons. The molecule has 0 amide bonds. The fraction of sp³-hybridized carbons (Fsp3) is 0.318. The van der Waals surface area contributed by atoms with E-state index in [0.29, 0.717) is 16.5 Å². The van der Waals surface area contributed by atoms with Crippen LogP contribution in [-0.4, -0.2) is 30.2 Å². The maximum Gasteiger partial charge on any atom is 0.345 e. The average Bonchev–Trinajstić information content (AvgIpc) is 2.71. The molecule has 1 saturated heterocycles. The van der Waals surface area contributed by atoms with Crippen LogP contribution >= 0.6 is 0 Å². The number of benzene rings is 2. The lowest BCUT2D eigenvalue weighted by Crippen LogP contribution is -2.36. The third-order valence-corrected chi connectivity index (χ3v) is 5.26. The number of aromatic hydroxyl groups is 1.